The van der Waals surface area contributed by atoms with Crippen molar-refractivity contribution in [2.24, 2.45) is 17.3 Å². The highest BCUT2D eigenvalue weighted by molar-refractivity contribution is 7.92. The maximum atomic E-state index is 14.7. The summed E-state index contributed by atoms with van der Waals surface area (Å²) in [5.41, 5.74) is 10.3. The van der Waals surface area contributed by atoms with Crippen LogP contribution in [0.25, 0.3) is 33.3 Å². The second kappa shape index (κ2) is 19.8. The number of nitrogens with one attached hydrogen (secondary N) is 2. The number of esters is 1. The van der Waals surface area contributed by atoms with Gasteiger partial charge in [-0.25, -0.2) is 13.8 Å². The number of rotatable bonds is 11. The van der Waals surface area contributed by atoms with Crippen LogP contribution in [0.3, 0.4) is 0 Å². The van der Waals surface area contributed by atoms with Gasteiger partial charge in [-0.05, 0) is 92.0 Å². The Morgan fingerprint density at radius 2 is 1.83 bits per heavy atom. The molecule has 3 aliphatic heterocycles. The van der Waals surface area contributed by atoms with Crippen LogP contribution in [0.5, 0.6) is 0 Å². The fourth-order valence-electron chi connectivity index (χ4n) is 9.86. The third kappa shape index (κ3) is 9.97. The van der Waals surface area contributed by atoms with E-state index < -0.39 is 57.3 Å². The van der Waals surface area contributed by atoms with Gasteiger partial charge in [-0.15, -0.1) is 0 Å². The van der Waals surface area contributed by atoms with Crippen molar-refractivity contribution in [2.45, 2.75) is 104 Å². The number of fused-ring (bicyclic) bond motifs is 6. The lowest BCUT2D eigenvalue weighted by molar-refractivity contribution is -0.155. The van der Waals surface area contributed by atoms with E-state index in [0.29, 0.717) is 38.8 Å². The van der Waals surface area contributed by atoms with Crippen LogP contribution in [0.4, 0.5) is 0 Å². The topological polar surface area (TPSA) is 172 Å². The Morgan fingerprint density at radius 3 is 2.55 bits per heavy atom. The van der Waals surface area contributed by atoms with Crippen molar-refractivity contribution in [3.8, 4) is 22.4 Å². The van der Waals surface area contributed by atoms with Gasteiger partial charge in [0.15, 0.2) is 0 Å². The van der Waals surface area contributed by atoms with Crippen LogP contribution in [-0.2, 0) is 58.1 Å². The lowest BCUT2D eigenvalue weighted by atomic mass is 9.84. The Bertz CT molecular complexity index is 2610. The average molecular weight is 924 g/mol. The minimum absolute atomic E-state index is 0.0118. The fourth-order valence-corrected chi connectivity index (χ4v) is 10.8. The zero-order valence-electron chi connectivity index (χ0n) is 39.5. The molecule has 7 rings (SSSR count). The summed E-state index contributed by atoms with van der Waals surface area (Å²) in [7, 11) is -0.482. The molecule has 6 bridgehead atoms. The number of methoxy groups -OCH3 is 1. The molecule has 2 aromatic carbocycles. The number of ether oxygens (including phenoxy) is 2. The average Bonchev–Trinajstić information content (AvgIpc) is 3.93. The number of cyclic esters (lactones) is 1. The second-order valence-electron chi connectivity index (χ2n) is 19.0. The highest BCUT2D eigenvalue weighted by atomic mass is 32.2. The van der Waals surface area contributed by atoms with E-state index in [2.05, 4.69) is 66.9 Å². The summed E-state index contributed by atoms with van der Waals surface area (Å²) in [6.45, 7) is 16.6. The van der Waals surface area contributed by atoms with Crippen molar-refractivity contribution in [3.05, 3.63) is 89.6 Å². The van der Waals surface area contributed by atoms with Crippen molar-refractivity contribution in [1.29, 1.82) is 0 Å². The molecule has 0 radical (unpaired) electrons. The molecule has 16 heteroatoms. The molecule has 3 amide bonds. The Labute approximate surface area is 388 Å². The molecule has 0 spiro atoms. The summed E-state index contributed by atoms with van der Waals surface area (Å²) in [4.78, 5) is 63.2. The van der Waals surface area contributed by atoms with Gasteiger partial charge in [0.1, 0.15) is 18.1 Å². The molecular weight excluding hydrogens is 859 g/mol. The number of amides is 3. The molecule has 2 fully saturated rings. The summed E-state index contributed by atoms with van der Waals surface area (Å²) < 4.78 is 40.5. The molecular formula is C50H65N7O8S. The number of hydrazine groups is 1. The van der Waals surface area contributed by atoms with Gasteiger partial charge in [-0.2, -0.15) is 4.31 Å². The monoisotopic (exact) mass is 923 g/mol. The normalized spacial score (nSPS) is 21.5. The van der Waals surface area contributed by atoms with Gasteiger partial charge in [-0.1, -0.05) is 64.6 Å². The number of carbonyl (C=O) groups is 4. The number of nitrogens with zero attached hydrogens (tertiary/aromatic N) is 5. The van der Waals surface area contributed by atoms with Crippen molar-refractivity contribution < 1.29 is 37.1 Å². The summed E-state index contributed by atoms with van der Waals surface area (Å²) in [5, 5.41) is 6.37. The largest absolute Gasteiger partial charge is 0.464 e. The van der Waals surface area contributed by atoms with E-state index in [0.717, 1.165) is 55.5 Å². The van der Waals surface area contributed by atoms with Crippen LogP contribution in [0, 0.1) is 17.3 Å². The van der Waals surface area contributed by atoms with E-state index in [9.17, 15) is 27.6 Å². The zero-order chi connectivity index (χ0) is 47.7. The van der Waals surface area contributed by atoms with Crippen LogP contribution in [-0.4, -0.2) is 114 Å². The molecule has 2 N–H and O–H groups in total. The van der Waals surface area contributed by atoms with Gasteiger partial charge in [0, 0.05) is 80.2 Å². The smallest absolute Gasteiger partial charge is 0.324 e. The second-order valence-corrected chi connectivity index (χ2v) is 20.9. The first-order chi connectivity index (χ1) is 31.4. The summed E-state index contributed by atoms with van der Waals surface area (Å²) >= 11 is 0. The number of hydrogen-bond donors (Lipinski definition) is 2. The summed E-state index contributed by atoms with van der Waals surface area (Å²) in [6.07, 6.45) is 3.50. The molecule has 66 heavy (non-hydrogen) atoms. The maximum Gasteiger partial charge on any atom is 0.324 e. The first-order valence-corrected chi connectivity index (χ1v) is 24.5. The minimum Gasteiger partial charge on any atom is -0.464 e. The van der Waals surface area contributed by atoms with Crippen LogP contribution < -0.4 is 10.7 Å². The lowest BCUT2D eigenvalue weighted by Crippen LogP contribution is -2.62. The predicted molar refractivity (Wildman–Crippen MR) is 254 cm³/mol. The number of aryl methyl sites for hydroxylation is 1. The van der Waals surface area contributed by atoms with E-state index in [4.69, 9.17) is 14.5 Å². The molecule has 3 aliphatic rings. The molecule has 0 aliphatic carbocycles. The molecule has 2 aromatic heterocycles. The molecule has 354 valence electrons. The van der Waals surface area contributed by atoms with Crippen molar-refractivity contribution in [1.82, 2.24) is 34.5 Å². The van der Waals surface area contributed by atoms with Gasteiger partial charge in [0.2, 0.25) is 21.8 Å². The minimum atomic E-state index is -3.71. The first-order valence-electron chi connectivity index (χ1n) is 23.0. The molecule has 0 saturated carbocycles. The highest BCUT2D eigenvalue weighted by Gasteiger charge is 2.41. The summed E-state index contributed by atoms with van der Waals surface area (Å²) in [6, 6.07) is 15.6. The van der Waals surface area contributed by atoms with E-state index >= 15 is 0 Å². The van der Waals surface area contributed by atoms with Crippen LogP contribution in [0.1, 0.15) is 83.7 Å². The standard InChI is InChI=1S/C50H65N7O8S/c1-10-56-42-20-19-35-27-38(42)39(45(56)37-17-13-22-51-43(37)32(5)64-9)28-50(6,7)30-65-49(61)40-18-14-23-57(53-40)48(60)41(26-33-15-12-16-34(35)25-33)52-46(58)44(31(3)4)54(8)47(59)36-21-24-55(29-36)66(62,63)11-2/h11-13,15-17,19-20,22,25,27,31-32,36,40-41,44,53H,2,10,14,18,21,23-24,26,28-30H2,1,3-9H3,(H,52,58)/t32-,36-,40-,41-,44-/m0/s1. The van der Waals surface area contributed by atoms with E-state index in [1.807, 2.05) is 51.1 Å². The number of hydrogen-bond acceptors (Lipinski definition) is 10. The van der Waals surface area contributed by atoms with Gasteiger partial charge >= 0.3 is 5.97 Å². The van der Waals surface area contributed by atoms with Crippen LogP contribution >= 0.6 is 0 Å². The number of aromatic nitrogens is 2. The fraction of sp³-hybridized carbons (Fsp3) is 0.500. The highest BCUT2D eigenvalue weighted by Crippen LogP contribution is 2.42. The maximum absolute atomic E-state index is 14.7. The number of sulfonamides is 1. The number of likely N-dealkylation sites (N-methyl/N-ethyl adjacent to an activating group) is 1. The Hall–Kier alpha value is -5.42. The molecule has 2 saturated heterocycles. The quantitative estimate of drug-likeness (QED) is 0.170. The summed E-state index contributed by atoms with van der Waals surface area (Å²) in [5.74, 6) is -2.78. The van der Waals surface area contributed by atoms with Gasteiger partial charge in [0.05, 0.1) is 30.0 Å². The van der Waals surface area contributed by atoms with Gasteiger partial charge in [0.25, 0.3) is 5.91 Å². The van der Waals surface area contributed by atoms with Crippen molar-refractivity contribution in [3.63, 3.8) is 0 Å². The van der Waals surface area contributed by atoms with Crippen molar-refractivity contribution >= 4 is 44.6 Å². The number of carbonyl (C=O) groups excluding carboxylic acids is 4. The molecule has 4 aromatic rings. The van der Waals surface area contributed by atoms with E-state index in [-0.39, 0.29) is 44.0 Å². The SMILES string of the molecule is C=CS(=O)(=O)N1CC[C@H](C(=O)N(C)[C@H](C(=O)N[C@H]2Cc3cccc(c3)-c3ccc4c(c3)c(c(-c3cccnc3[C@H](C)OC)n4CC)CC(C)(C)COC(=O)[C@@H]3CCCN(N3)C2=O)C(C)C)C1. The lowest BCUT2D eigenvalue weighted by Gasteiger charge is -2.37. The third-order valence-electron chi connectivity index (χ3n) is 13.4. The first kappa shape index (κ1) is 48.5. The van der Waals surface area contributed by atoms with E-state index in [1.54, 1.807) is 20.4 Å². The number of pyridine rings is 1. The molecule has 15 nitrogen and oxygen atoms in total. The van der Waals surface area contributed by atoms with E-state index in [1.165, 1.54) is 14.2 Å². The Morgan fingerprint density at radius 1 is 1.08 bits per heavy atom. The van der Waals surface area contributed by atoms with Gasteiger partial charge in [-0.3, -0.25) is 29.2 Å². The third-order valence-corrected chi connectivity index (χ3v) is 14.8. The Kier molecular flexibility index (Phi) is 14.6. The Balaban J connectivity index is 1.29. The molecule has 5 heterocycles. The number of benzene rings is 2. The van der Waals surface area contributed by atoms with Gasteiger partial charge < -0.3 is 24.3 Å². The van der Waals surface area contributed by atoms with Crippen LogP contribution in [0.2, 0.25) is 0 Å². The molecule has 5 atom stereocenters. The van der Waals surface area contributed by atoms with Crippen molar-refractivity contribution in [2.75, 3.05) is 40.4 Å². The molecule has 0 unspecified atom stereocenters. The predicted octanol–water partition coefficient (Wildman–Crippen LogP) is 6.02. The zero-order valence-corrected chi connectivity index (χ0v) is 40.3. The van der Waals surface area contributed by atoms with Crippen LogP contribution in [0.15, 0.2) is 72.8 Å².